The number of fused-ring (bicyclic) bond motifs is 1. The zero-order valence-corrected chi connectivity index (χ0v) is 26.2. The van der Waals surface area contributed by atoms with Crippen LogP contribution in [0.2, 0.25) is 0 Å². The molecule has 0 unspecified atom stereocenters. The molecule has 11 nitrogen and oxygen atoms in total. The van der Waals surface area contributed by atoms with Gasteiger partial charge in [-0.15, -0.1) is 0 Å². The Morgan fingerprint density at radius 1 is 1.31 bits per heavy atom. The summed E-state index contributed by atoms with van der Waals surface area (Å²) in [6.07, 6.45) is 5.81. The molecule has 3 aromatic heterocycles. The molecule has 1 atom stereocenters. The first kappa shape index (κ1) is 31.5. The quantitative estimate of drug-likeness (QED) is 0.264. The third kappa shape index (κ3) is 6.02. The molecule has 0 radical (unpaired) electrons. The Morgan fingerprint density at radius 3 is 2.57 bits per heavy atom. The third-order valence-corrected chi connectivity index (χ3v) is 8.89. The van der Waals surface area contributed by atoms with Gasteiger partial charge in [-0.25, -0.2) is 14.0 Å². The highest BCUT2D eigenvalue weighted by atomic mass is 32.1. The minimum Gasteiger partial charge on any atom is -0.501 e. The van der Waals surface area contributed by atoms with Crippen LogP contribution in [-0.2, 0) is 31.1 Å². The number of nitrogens with zero attached hydrogens (tertiary/aromatic N) is 4. The molecule has 3 aromatic rings. The van der Waals surface area contributed by atoms with Crippen molar-refractivity contribution in [3.05, 3.63) is 68.8 Å². The molecule has 0 aromatic carbocycles. The van der Waals surface area contributed by atoms with Gasteiger partial charge in [0.1, 0.15) is 21.5 Å². The van der Waals surface area contributed by atoms with Gasteiger partial charge in [0.25, 0.3) is 5.56 Å². The maximum atomic E-state index is 14.4. The van der Waals surface area contributed by atoms with E-state index in [1.807, 2.05) is 27.7 Å². The first-order valence-electron chi connectivity index (χ1n) is 14.1. The highest BCUT2D eigenvalue weighted by molar-refractivity contribution is 7.21. The Labute approximate surface area is 249 Å². The average molecular weight is 600 g/mol. The van der Waals surface area contributed by atoms with Crippen molar-refractivity contribution in [3.63, 3.8) is 0 Å². The second-order valence-electron chi connectivity index (χ2n) is 11.2. The molecule has 0 aliphatic carbocycles. The fraction of sp³-hybridized carbons (Fsp3) is 0.533. The summed E-state index contributed by atoms with van der Waals surface area (Å²) in [6.45, 7) is 15.7. The highest BCUT2D eigenvalue weighted by Crippen LogP contribution is 2.32. The average Bonchev–Trinajstić information content (AvgIpc) is 3.59. The molecule has 0 bridgehead atoms. The smallest absolute Gasteiger partial charge is 0.333 e. The van der Waals surface area contributed by atoms with Crippen LogP contribution in [0.1, 0.15) is 53.0 Å². The Kier molecular flexibility index (Phi) is 9.59. The Morgan fingerprint density at radius 2 is 2.00 bits per heavy atom. The summed E-state index contributed by atoms with van der Waals surface area (Å²) in [5, 5.41) is 8.28. The monoisotopic (exact) mass is 599 g/mol. The largest absolute Gasteiger partial charge is 0.501 e. The number of carbonyl (C=O) groups is 1. The Balaban J connectivity index is 2.00. The fourth-order valence-electron chi connectivity index (χ4n) is 5.18. The molecule has 1 amide bonds. The lowest BCUT2D eigenvalue weighted by atomic mass is 10.0. The Hall–Kier alpha value is -3.48. The lowest BCUT2D eigenvalue weighted by Gasteiger charge is -2.31. The van der Waals surface area contributed by atoms with Crippen molar-refractivity contribution in [2.24, 2.45) is 0 Å². The number of rotatable bonds is 11. The van der Waals surface area contributed by atoms with Crippen molar-refractivity contribution < 1.29 is 19.0 Å². The molecule has 1 saturated heterocycles. The summed E-state index contributed by atoms with van der Waals surface area (Å²) in [4.78, 5) is 42.4. The molecular formula is C30H41N5O6S. The van der Waals surface area contributed by atoms with Crippen LogP contribution in [0.3, 0.4) is 0 Å². The number of carbonyl (C=O) groups excluding carboxylic acids is 1. The maximum absolute atomic E-state index is 14.4. The zero-order chi connectivity index (χ0) is 30.8. The molecule has 1 aliphatic heterocycles. The molecule has 12 heteroatoms. The van der Waals surface area contributed by atoms with E-state index < -0.39 is 28.8 Å². The predicted octanol–water partition coefficient (Wildman–Crippen LogP) is 3.65. The van der Waals surface area contributed by atoms with E-state index in [-0.39, 0.29) is 18.7 Å². The van der Waals surface area contributed by atoms with E-state index in [1.165, 1.54) is 11.3 Å². The van der Waals surface area contributed by atoms with Crippen molar-refractivity contribution in [2.45, 2.75) is 84.7 Å². The minimum absolute atomic E-state index is 0.0649. The van der Waals surface area contributed by atoms with Gasteiger partial charge in [0.05, 0.1) is 30.9 Å². The molecule has 228 valence electrons. The fourth-order valence-corrected chi connectivity index (χ4v) is 6.43. The SMILES string of the molecule is C=C/C(=C(\C)OC)[C@H](Cn1c(=O)n(C(C)(C)C(=O)NC(C)C)c(=O)c2c(C)c(-n3cccn3)sc21)OC1CCOCC1. The standard InChI is InChI=1S/C30H41N5O6S/c1-9-22(20(5)39-8)23(41-21-11-15-40-16-12-21)17-33-27-24(19(4)26(42-27)34-14-10-13-31-34)25(36)35(29(33)38)30(6,7)28(37)32-18(2)3/h9-10,13-14,18,21,23H,1,11-12,15-17H2,2-8H3,(H,32,37)/b22-20-/t23-/m0/s1. The molecule has 1 N–H and O–H groups in total. The number of ether oxygens (including phenoxy) is 3. The van der Waals surface area contributed by atoms with Crippen LogP contribution in [0.4, 0.5) is 0 Å². The Bertz CT molecular complexity index is 1590. The minimum atomic E-state index is -1.48. The van der Waals surface area contributed by atoms with E-state index in [1.54, 1.807) is 54.7 Å². The van der Waals surface area contributed by atoms with Gasteiger partial charge in [0, 0.05) is 42.8 Å². The van der Waals surface area contributed by atoms with Gasteiger partial charge in [-0.05, 0) is 60.5 Å². The zero-order valence-electron chi connectivity index (χ0n) is 25.4. The number of thiophene rings is 1. The van der Waals surface area contributed by atoms with Crippen molar-refractivity contribution >= 4 is 27.5 Å². The first-order chi connectivity index (χ1) is 19.9. The van der Waals surface area contributed by atoms with Crippen molar-refractivity contribution in [1.29, 1.82) is 0 Å². The molecule has 4 heterocycles. The second kappa shape index (κ2) is 12.8. The third-order valence-electron chi connectivity index (χ3n) is 7.59. The van der Waals surface area contributed by atoms with E-state index in [9.17, 15) is 14.4 Å². The van der Waals surface area contributed by atoms with Crippen molar-refractivity contribution in [3.8, 4) is 5.00 Å². The van der Waals surface area contributed by atoms with E-state index in [2.05, 4.69) is 17.0 Å². The summed E-state index contributed by atoms with van der Waals surface area (Å²) >= 11 is 1.30. The summed E-state index contributed by atoms with van der Waals surface area (Å²) in [5.74, 6) is 0.176. The van der Waals surface area contributed by atoms with E-state index in [0.29, 0.717) is 58.2 Å². The van der Waals surface area contributed by atoms with Crippen LogP contribution >= 0.6 is 11.3 Å². The summed E-state index contributed by atoms with van der Waals surface area (Å²) < 4.78 is 22.0. The van der Waals surface area contributed by atoms with E-state index in [4.69, 9.17) is 14.2 Å². The number of methoxy groups -OCH3 is 1. The normalized spacial score (nSPS) is 16.0. The number of aryl methyl sites for hydroxylation is 1. The van der Waals surface area contributed by atoms with Gasteiger partial charge in [0.2, 0.25) is 5.91 Å². The number of hydrogen-bond acceptors (Lipinski definition) is 8. The maximum Gasteiger partial charge on any atom is 0.333 e. The van der Waals surface area contributed by atoms with Crippen LogP contribution in [0.5, 0.6) is 0 Å². The van der Waals surface area contributed by atoms with Gasteiger partial charge < -0.3 is 19.5 Å². The van der Waals surface area contributed by atoms with Gasteiger partial charge in [-0.3, -0.25) is 14.2 Å². The highest BCUT2D eigenvalue weighted by Gasteiger charge is 2.36. The van der Waals surface area contributed by atoms with Crippen molar-refractivity contribution in [1.82, 2.24) is 24.2 Å². The molecule has 42 heavy (non-hydrogen) atoms. The predicted molar refractivity (Wildman–Crippen MR) is 163 cm³/mol. The number of amides is 1. The van der Waals surface area contributed by atoms with E-state index in [0.717, 1.165) is 4.57 Å². The van der Waals surface area contributed by atoms with Crippen LogP contribution < -0.4 is 16.6 Å². The molecule has 1 fully saturated rings. The topological polar surface area (TPSA) is 119 Å². The number of aromatic nitrogens is 4. The summed E-state index contributed by atoms with van der Waals surface area (Å²) in [6, 6.07) is 1.61. The van der Waals surface area contributed by atoms with Crippen LogP contribution in [-0.4, -0.2) is 63.4 Å². The van der Waals surface area contributed by atoms with Gasteiger partial charge in [-0.1, -0.05) is 24.0 Å². The molecule has 0 spiro atoms. The van der Waals surface area contributed by atoms with Crippen LogP contribution in [0.25, 0.3) is 15.2 Å². The summed E-state index contributed by atoms with van der Waals surface area (Å²) in [5.41, 5.74) is -1.26. The number of nitrogens with one attached hydrogen (secondary N) is 1. The van der Waals surface area contributed by atoms with Gasteiger partial charge in [-0.2, -0.15) is 5.10 Å². The number of allylic oxidation sites excluding steroid dienone is 1. The molecular weight excluding hydrogens is 558 g/mol. The van der Waals surface area contributed by atoms with Crippen LogP contribution in [0, 0.1) is 6.92 Å². The number of hydrogen-bond donors (Lipinski definition) is 1. The second-order valence-corrected chi connectivity index (χ2v) is 12.2. The van der Waals surface area contributed by atoms with Gasteiger partial charge >= 0.3 is 5.69 Å². The summed E-state index contributed by atoms with van der Waals surface area (Å²) in [7, 11) is 1.57. The van der Waals surface area contributed by atoms with Crippen molar-refractivity contribution in [2.75, 3.05) is 20.3 Å². The molecule has 1 aliphatic rings. The van der Waals surface area contributed by atoms with E-state index >= 15 is 0 Å². The first-order valence-corrected chi connectivity index (χ1v) is 14.9. The lowest BCUT2D eigenvalue weighted by Crippen LogP contribution is -2.57. The molecule has 4 rings (SSSR count). The van der Waals surface area contributed by atoms with Gasteiger partial charge in [0.15, 0.2) is 0 Å². The lowest BCUT2D eigenvalue weighted by molar-refractivity contribution is -0.129. The molecule has 0 saturated carbocycles. The van der Waals surface area contributed by atoms with Crippen LogP contribution in [0.15, 0.2) is 52.0 Å².